The summed E-state index contributed by atoms with van der Waals surface area (Å²) in [5.41, 5.74) is 4.18. The van der Waals surface area contributed by atoms with E-state index in [-0.39, 0.29) is 11.8 Å². The smallest absolute Gasteiger partial charge is 0.171 e. The van der Waals surface area contributed by atoms with Crippen LogP contribution >= 0.6 is 12.2 Å². The molecule has 1 aromatic rings. The first-order valence-corrected chi connectivity index (χ1v) is 6.96. The van der Waals surface area contributed by atoms with Gasteiger partial charge in [-0.05, 0) is 37.5 Å². The Kier molecular flexibility index (Phi) is 3.11. The van der Waals surface area contributed by atoms with E-state index in [0.717, 1.165) is 29.7 Å². The van der Waals surface area contributed by atoms with Gasteiger partial charge in [-0.1, -0.05) is 29.8 Å². The predicted molar refractivity (Wildman–Crippen MR) is 78.7 cm³/mol. The number of carbonyl (C=O) groups excluding carboxylic acids is 1. The van der Waals surface area contributed by atoms with Crippen molar-refractivity contribution in [2.24, 2.45) is 0 Å². The fraction of sp³-hybridized carbons (Fsp3) is 0.333. The van der Waals surface area contributed by atoms with Gasteiger partial charge in [-0.2, -0.15) is 0 Å². The minimum absolute atomic E-state index is 0.0999. The van der Waals surface area contributed by atoms with Gasteiger partial charge in [0.1, 0.15) is 0 Å². The monoisotopic (exact) mass is 272 g/mol. The van der Waals surface area contributed by atoms with Crippen LogP contribution in [-0.4, -0.2) is 10.9 Å². The van der Waals surface area contributed by atoms with Crippen molar-refractivity contribution in [3.05, 3.63) is 46.7 Å². The summed E-state index contributed by atoms with van der Waals surface area (Å²) in [6, 6.07) is 8.16. The molecule has 3 rings (SSSR count). The van der Waals surface area contributed by atoms with Crippen molar-refractivity contribution in [1.29, 1.82) is 0 Å². The van der Waals surface area contributed by atoms with Crippen LogP contribution in [0, 0.1) is 6.92 Å². The molecule has 0 aromatic heterocycles. The van der Waals surface area contributed by atoms with E-state index in [1.807, 2.05) is 0 Å². The molecule has 0 saturated carbocycles. The zero-order valence-electron chi connectivity index (χ0n) is 10.8. The minimum Gasteiger partial charge on any atom is -0.351 e. The van der Waals surface area contributed by atoms with Crippen molar-refractivity contribution < 1.29 is 4.79 Å². The van der Waals surface area contributed by atoms with Crippen LogP contribution in [0.5, 0.6) is 0 Å². The molecule has 0 bridgehead atoms. The summed E-state index contributed by atoms with van der Waals surface area (Å²) in [7, 11) is 0. The van der Waals surface area contributed by atoms with Crippen LogP contribution < -0.4 is 10.6 Å². The minimum atomic E-state index is -0.0999. The molecule has 98 valence electrons. The molecule has 0 amide bonds. The molecule has 0 fully saturated rings. The summed E-state index contributed by atoms with van der Waals surface area (Å²) < 4.78 is 0. The fourth-order valence-electron chi connectivity index (χ4n) is 2.71. The highest BCUT2D eigenvalue weighted by atomic mass is 32.1. The number of hydrogen-bond donors (Lipinski definition) is 2. The van der Waals surface area contributed by atoms with Gasteiger partial charge in [0.25, 0.3) is 0 Å². The number of ketones is 1. The van der Waals surface area contributed by atoms with E-state index < -0.39 is 0 Å². The lowest BCUT2D eigenvalue weighted by atomic mass is 9.85. The van der Waals surface area contributed by atoms with Crippen LogP contribution in [0.3, 0.4) is 0 Å². The van der Waals surface area contributed by atoms with Gasteiger partial charge in [0.05, 0.1) is 6.04 Å². The highest BCUT2D eigenvalue weighted by molar-refractivity contribution is 7.80. The van der Waals surface area contributed by atoms with E-state index in [1.165, 1.54) is 5.56 Å². The molecule has 1 aliphatic carbocycles. The predicted octanol–water partition coefficient (Wildman–Crippen LogP) is 2.52. The molecule has 3 nitrogen and oxygen atoms in total. The molecule has 2 aliphatic rings. The zero-order valence-corrected chi connectivity index (χ0v) is 11.6. The topological polar surface area (TPSA) is 41.1 Å². The van der Waals surface area contributed by atoms with Crippen LogP contribution in [0.25, 0.3) is 0 Å². The van der Waals surface area contributed by atoms with Crippen molar-refractivity contribution in [1.82, 2.24) is 10.6 Å². The third-order valence-corrected chi connectivity index (χ3v) is 3.92. The standard InChI is InChI=1S/C15H16N2OS/c1-9-5-7-10(8-6-9)14-13-11(16-15(19)17-14)3-2-4-12(13)18/h5-8,14H,2-4H2,1H3,(H2,16,17,19)/t14-/m1/s1. The summed E-state index contributed by atoms with van der Waals surface area (Å²) in [6.45, 7) is 2.06. The van der Waals surface area contributed by atoms with E-state index in [4.69, 9.17) is 12.2 Å². The van der Waals surface area contributed by atoms with Gasteiger partial charge in [-0.25, -0.2) is 0 Å². The average molecular weight is 272 g/mol. The third kappa shape index (κ3) is 2.28. The molecule has 1 aliphatic heterocycles. The van der Waals surface area contributed by atoms with E-state index in [2.05, 4.69) is 41.8 Å². The van der Waals surface area contributed by atoms with Gasteiger partial charge in [0.15, 0.2) is 10.9 Å². The Labute approximate surface area is 118 Å². The number of allylic oxidation sites excluding steroid dienone is 1. The van der Waals surface area contributed by atoms with Gasteiger partial charge in [-0.15, -0.1) is 0 Å². The highest BCUT2D eigenvalue weighted by Crippen LogP contribution is 2.33. The molecular weight excluding hydrogens is 256 g/mol. The quantitative estimate of drug-likeness (QED) is 0.771. The molecule has 0 radical (unpaired) electrons. The molecule has 19 heavy (non-hydrogen) atoms. The van der Waals surface area contributed by atoms with E-state index in [0.29, 0.717) is 11.5 Å². The van der Waals surface area contributed by atoms with Crippen molar-refractivity contribution in [3.63, 3.8) is 0 Å². The number of Topliss-reactive ketones (excluding diaryl/α,β-unsaturated/α-hetero) is 1. The fourth-order valence-corrected chi connectivity index (χ4v) is 2.95. The average Bonchev–Trinajstić information content (AvgIpc) is 2.38. The largest absolute Gasteiger partial charge is 0.351 e. The van der Waals surface area contributed by atoms with Gasteiger partial charge in [0, 0.05) is 17.7 Å². The van der Waals surface area contributed by atoms with E-state index in [1.54, 1.807) is 0 Å². The van der Waals surface area contributed by atoms with E-state index in [9.17, 15) is 4.79 Å². The van der Waals surface area contributed by atoms with Crippen LogP contribution in [0.4, 0.5) is 0 Å². The van der Waals surface area contributed by atoms with Crippen molar-refractivity contribution in [2.75, 3.05) is 0 Å². The van der Waals surface area contributed by atoms with Crippen molar-refractivity contribution in [3.8, 4) is 0 Å². The second-order valence-corrected chi connectivity index (χ2v) is 5.52. The van der Waals surface area contributed by atoms with E-state index >= 15 is 0 Å². The maximum absolute atomic E-state index is 12.2. The summed E-state index contributed by atoms with van der Waals surface area (Å²) in [5, 5.41) is 6.97. The van der Waals surface area contributed by atoms with Crippen molar-refractivity contribution >= 4 is 23.1 Å². The number of rotatable bonds is 1. The Hall–Kier alpha value is -1.68. The molecule has 2 N–H and O–H groups in total. The van der Waals surface area contributed by atoms with Crippen LogP contribution in [0.15, 0.2) is 35.5 Å². The van der Waals surface area contributed by atoms with Crippen LogP contribution in [0.2, 0.25) is 0 Å². The first kappa shape index (κ1) is 12.4. The molecule has 0 spiro atoms. The maximum atomic E-state index is 12.2. The lowest BCUT2D eigenvalue weighted by molar-refractivity contribution is -0.116. The van der Waals surface area contributed by atoms with Gasteiger partial charge < -0.3 is 10.6 Å². The summed E-state index contributed by atoms with van der Waals surface area (Å²) in [5.74, 6) is 0.231. The van der Waals surface area contributed by atoms with Crippen LogP contribution in [0.1, 0.15) is 36.4 Å². The molecule has 1 aromatic carbocycles. The third-order valence-electron chi connectivity index (χ3n) is 3.70. The lowest BCUT2D eigenvalue weighted by Crippen LogP contribution is -2.46. The molecule has 1 heterocycles. The Bertz CT molecular complexity index is 574. The normalized spacial score (nSPS) is 22.7. The molecular formula is C15H16N2OS. The number of hydrogen-bond acceptors (Lipinski definition) is 2. The zero-order chi connectivity index (χ0) is 13.4. The Morgan fingerprint density at radius 3 is 2.68 bits per heavy atom. The molecule has 4 heteroatoms. The molecule has 0 unspecified atom stereocenters. The molecule has 1 atom stereocenters. The maximum Gasteiger partial charge on any atom is 0.171 e. The molecule has 0 saturated heterocycles. The second kappa shape index (κ2) is 4.78. The van der Waals surface area contributed by atoms with Gasteiger partial charge >= 0.3 is 0 Å². The number of benzene rings is 1. The van der Waals surface area contributed by atoms with Crippen molar-refractivity contribution in [2.45, 2.75) is 32.2 Å². The summed E-state index contributed by atoms with van der Waals surface area (Å²) in [6.07, 6.45) is 2.45. The highest BCUT2D eigenvalue weighted by Gasteiger charge is 2.32. The van der Waals surface area contributed by atoms with Gasteiger partial charge in [-0.3, -0.25) is 4.79 Å². The first-order valence-electron chi connectivity index (χ1n) is 6.55. The second-order valence-electron chi connectivity index (χ2n) is 5.11. The summed E-state index contributed by atoms with van der Waals surface area (Å²) >= 11 is 5.25. The Morgan fingerprint density at radius 2 is 1.95 bits per heavy atom. The first-order chi connectivity index (χ1) is 9.15. The Balaban J connectivity index is 2.05. The van der Waals surface area contributed by atoms with Crippen LogP contribution in [-0.2, 0) is 4.79 Å². The SMILES string of the molecule is Cc1ccc([C@H]2NC(=S)NC3=C2C(=O)CCC3)cc1. The lowest BCUT2D eigenvalue weighted by Gasteiger charge is -2.33. The Morgan fingerprint density at radius 1 is 1.21 bits per heavy atom. The number of carbonyl (C=O) groups is 1. The number of nitrogens with one attached hydrogen (secondary N) is 2. The van der Waals surface area contributed by atoms with Gasteiger partial charge in [0.2, 0.25) is 0 Å². The number of thiocarbonyl (C=S) groups is 1. The summed E-state index contributed by atoms with van der Waals surface area (Å²) in [4.78, 5) is 12.2. The number of aryl methyl sites for hydroxylation is 1.